The molecule has 0 amide bonds. The molecule has 0 atom stereocenters. The predicted octanol–water partition coefficient (Wildman–Crippen LogP) is -2.51. The van der Waals surface area contributed by atoms with Gasteiger partial charge < -0.3 is 14.6 Å². The summed E-state index contributed by atoms with van der Waals surface area (Å²) in [6, 6.07) is 3.82. The summed E-state index contributed by atoms with van der Waals surface area (Å²) in [7, 11) is 2.26. The van der Waals surface area contributed by atoms with Gasteiger partial charge in [0.1, 0.15) is 6.20 Å². The van der Waals surface area contributed by atoms with Crippen molar-refractivity contribution >= 4 is 17.6 Å². The van der Waals surface area contributed by atoms with Gasteiger partial charge in [0.2, 0.25) is 5.69 Å². The fourth-order valence-electron chi connectivity index (χ4n) is 2.03. The maximum atomic E-state index is 12.1. The second-order valence-corrected chi connectivity index (χ2v) is 4.60. The summed E-state index contributed by atoms with van der Waals surface area (Å²) in [4.78, 5) is 33.3. The van der Waals surface area contributed by atoms with Crippen LogP contribution in [0.5, 0.6) is 5.75 Å². The number of esters is 2. The van der Waals surface area contributed by atoms with Crippen molar-refractivity contribution in [2.24, 2.45) is 0 Å². The zero-order valence-electron chi connectivity index (χ0n) is 13.7. The molecule has 0 aliphatic carbocycles. The molecule has 0 N–H and O–H groups in total. The Bertz CT molecular complexity index is 819. The van der Waals surface area contributed by atoms with Crippen LogP contribution in [-0.2, 0) is 16.0 Å². The fourth-order valence-corrected chi connectivity index (χ4v) is 2.03. The summed E-state index contributed by atoms with van der Waals surface area (Å²) >= 11 is 0. The number of carbonyl (C=O) groups excluding carboxylic acids is 2. The Morgan fingerprint density at radius 1 is 1.24 bits per heavy atom. The van der Waals surface area contributed by atoms with Gasteiger partial charge in [0, 0.05) is 0 Å². The second-order valence-electron chi connectivity index (χ2n) is 4.60. The molecule has 2 rings (SSSR count). The normalized spacial score (nSPS) is 9.84. The molecule has 0 unspecified atom stereocenters. The number of nitro groups is 1. The monoisotopic (exact) mass is 419 g/mol. The van der Waals surface area contributed by atoms with Crippen LogP contribution in [0, 0.1) is 10.1 Å². The summed E-state index contributed by atoms with van der Waals surface area (Å²) in [5.74, 6) is -2.10. The fraction of sp³-hybridized carbons (Fsp3) is 0.214. The van der Waals surface area contributed by atoms with Crippen LogP contribution in [0.2, 0.25) is 0 Å². The first kappa shape index (κ1) is 21.4. The third kappa shape index (κ3) is 4.72. The molecule has 0 radical (unpaired) electrons. The standard InChI is InChI=1S/C14H13N3O7.Rb/c1-23-13(19)8-3-4-9(11(18)5-8)7-16-12(14(20)24-2)10(6-15-16)17(21)22;/h3-6,18H,7H2,1-2H3;/q;+1/p-1. The topological polar surface area (TPSA) is 137 Å². The average Bonchev–Trinajstić information content (AvgIpc) is 2.99. The van der Waals surface area contributed by atoms with E-state index in [1.165, 1.54) is 19.2 Å². The molecule has 0 fully saturated rings. The van der Waals surface area contributed by atoms with Crippen molar-refractivity contribution in [2.45, 2.75) is 6.54 Å². The van der Waals surface area contributed by atoms with E-state index in [4.69, 9.17) is 0 Å². The van der Waals surface area contributed by atoms with Crippen molar-refractivity contribution in [2.75, 3.05) is 14.2 Å². The van der Waals surface area contributed by atoms with Crippen molar-refractivity contribution in [3.8, 4) is 5.75 Å². The molecule has 25 heavy (non-hydrogen) atoms. The first-order valence-corrected chi connectivity index (χ1v) is 6.55. The minimum Gasteiger partial charge on any atom is -0.872 e. The Morgan fingerprint density at radius 3 is 2.40 bits per heavy atom. The van der Waals surface area contributed by atoms with Crippen molar-refractivity contribution < 1.29 is 87.3 Å². The summed E-state index contributed by atoms with van der Waals surface area (Å²) in [5.41, 5.74) is -0.642. The number of hydrogen-bond acceptors (Lipinski definition) is 8. The van der Waals surface area contributed by atoms with E-state index in [0.717, 1.165) is 24.1 Å². The molecule has 2 aromatic rings. The van der Waals surface area contributed by atoms with Crippen LogP contribution in [-0.4, -0.2) is 40.9 Å². The first-order chi connectivity index (χ1) is 11.4. The maximum absolute atomic E-state index is 12.1. The Kier molecular flexibility index (Phi) is 7.86. The van der Waals surface area contributed by atoms with Crippen LogP contribution in [0.25, 0.3) is 0 Å². The van der Waals surface area contributed by atoms with Gasteiger partial charge in [0.25, 0.3) is 0 Å². The van der Waals surface area contributed by atoms with Crippen LogP contribution in [0.4, 0.5) is 5.69 Å². The Balaban J connectivity index is 0.00000312. The van der Waals surface area contributed by atoms with Crippen molar-refractivity contribution in [1.29, 1.82) is 0 Å². The molecule has 0 aliphatic heterocycles. The van der Waals surface area contributed by atoms with Crippen LogP contribution in [0.3, 0.4) is 0 Å². The molecule has 0 spiro atoms. The summed E-state index contributed by atoms with van der Waals surface area (Å²) < 4.78 is 10.0. The van der Waals surface area contributed by atoms with E-state index in [0.29, 0.717) is 0 Å². The predicted molar refractivity (Wildman–Crippen MR) is 76.6 cm³/mol. The van der Waals surface area contributed by atoms with E-state index in [1.54, 1.807) is 0 Å². The number of aromatic nitrogens is 2. The van der Waals surface area contributed by atoms with Gasteiger partial charge in [-0.1, -0.05) is 12.1 Å². The number of hydrogen-bond donors (Lipinski definition) is 0. The molecule has 0 saturated heterocycles. The number of methoxy groups -OCH3 is 2. The van der Waals surface area contributed by atoms with E-state index in [-0.39, 0.29) is 81.6 Å². The summed E-state index contributed by atoms with van der Waals surface area (Å²) in [6.45, 7) is -0.196. The molecule has 10 nitrogen and oxygen atoms in total. The van der Waals surface area contributed by atoms with E-state index < -0.39 is 28.3 Å². The molecule has 1 heterocycles. The number of rotatable bonds is 5. The van der Waals surface area contributed by atoms with Gasteiger partial charge in [0.15, 0.2) is 0 Å². The first-order valence-electron chi connectivity index (χ1n) is 6.55. The molecule has 0 aliphatic rings. The summed E-state index contributed by atoms with van der Waals surface area (Å²) in [5, 5.41) is 26.8. The van der Waals surface area contributed by atoms with E-state index in [9.17, 15) is 24.8 Å². The Morgan fingerprint density at radius 2 is 1.88 bits per heavy atom. The SMILES string of the molecule is COC(=O)c1ccc(Cn2ncc([N+](=O)[O-])c2C(=O)OC)c([O-])c1.[Rb+]. The smallest absolute Gasteiger partial charge is 0.872 e. The van der Waals surface area contributed by atoms with Crippen molar-refractivity contribution in [3.63, 3.8) is 0 Å². The molecule has 11 heteroatoms. The van der Waals surface area contributed by atoms with Gasteiger partial charge in [0.05, 0.1) is 31.3 Å². The van der Waals surface area contributed by atoms with Crippen LogP contribution < -0.4 is 63.3 Å². The number of benzene rings is 1. The van der Waals surface area contributed by atoms with E-state index in [1.807, 2.05) is 0 Å². The van der Waals surface area contributed by atoms with Gasteiger partial charge in [-0.2, -0.15) is 5.10 Å². The van der Waals surface area contributed by atoms with Gasteiger partial charge in [-0.15, -0.1) is 5.75 Å². The Hall–Kier alpha value is -1.62. The van der Waals surface area contributed by atoms with Crippen molar-refractivity contribution in [3.05, 3.63) is 51.3 Å². The minimum absolute atomic E-state index is 0. The Labute approximate surface area is 190 Å². The quantitative estimate of drug-likeness (QED) is 0.294. The maximum Gasteiger partial charge on any atom is 1.00 e. The number of nitrogens with zero attached hydrogens (tertiary/aromatic N) is 3. The number of carbonyl (C=O) groups is 2. The molecule has 1 aromatic carbocycles. The molecule has 126 valence electrons. The molecule has 0 saturated carbocycles. The van der Waals surface area contributed by atoms with Crippen LogP contribution >= 0.6 is 0 Å². The average molecular weight is 420 g/mol. The number of ether oxygens (including phenoxy) is 2. The minimum atomic E-state index is -0.946. The van der Waals surface area contributed by atoms with Gasteiger partial charge in [-0.3, -0.25) is 10.1 Å². The van der Waals surface area contributed by atoms with E-state index >= 15 is 0 Å². The van der Waals surface area contributed by atoms with Crippen LogP contribution in [0.15, 0.2) is 24.4 Å². The third-order valence-electron chi connectivity index (χ3n) is 3.20. The largest absolute Gasteiger partial charge is 1.00 e. The van der Waals surface area contributed by atoms with Gasteiger partial charge in [-0.25, -0.2) is 14.3 Å². The van der Waals surface area contributed by atoms with Crippen molar-refractivity contribution in [1.82, 2.24) is 9.78 Å². The zero-order chi connectivity index (χ0) is 17.9. The third-order valence-corrected chi connectivity index (χ3v) is 3.20. The summed E-state index contributed by atoms with van der Waals surface area (Å²) in [6.07, 6.45) is 0.902. The molecule has 0 bridgehead atoms. The van der Waals surface area contributed by atoms with Gasteiger partial charge in [-0.05, 0) is 11.6 Å². The van der Waals surface area contributed by atoms with Crippen LogP contribution in [0.1, 0.15) is 26.4 Å². The second kappa shape index (κ2) is 9.18. The zero-order valence-corrected chi connectivity index (χ0v) is 18.6. The van der Waals surface area contributed by atoms with E-state index in [2.05, 4.69) is 14.6 Å². The molecular weight excluding hydrogens is 408 g/mol. The molecule has 1 aromatic heterocycles. The molecular formula is C14H12N3O7Rb. The van der Waals surface area contributed by atoms with Gasteiger partial charge >= 0.3 is 75.8 Å².